The molecule has 0 aliphatic carbocycles. The molecule has 0 fully saturated rings. The first-order valence-electron chi connectivity index (χ1n) is 9.89. The first-order chi connectivity index (χ1) is 14.1. The molecule has 0 radical (unpaired) electrons. The summed E-state index contributed by atoms with van der Waals surface area (Å²) >= 11 is 0. The van der Waals surface area contributed by atoms with Crippen LogP contribution in [0.3, 0.4) is 0 Å². The van der Waals surface area contributed by atoms with Crippen molar-refractivity contribution < 1.29 is 9.13 Å². The molecule has 0 spiro atoms. The van der Waals surface area contributed by atoms with E-state index in [-0.39, 0.29) is 5.82 Å². The summed E-state index contributed by atoms with van der Waals surface area (Å²) in [5.41, 5.74) is 3.93. The van der Waals surface area contributed by atoms with Crippen molar-refractivity contribution in [1.29, 1.82) is 0 Å². The summed E-state index contributed by atoms with van der Waals surface area (Å²) in [6.45, 7) is 9.54. The monoisotopic (exact) mass is 393 g/mol. The summed E-state index contributed by atoms with van der Waals surface area (Å²) < 4.78 is 22.5. The van der Waals surface area contributed by atoms with Gasteiger partial charge in [-0.15, -0.1) is 10.2 Å². The van der Waals surface area contributed by atoms with Gasteiger partial charge in [-0.3, -0.25) is 4.40 Å². The molecular weight excluding hydrogens is 369 g/mol. The van der Waals surface area contributed by atoms with Gasteiger partial charge in [-0.2, -0.15) is 4.98 Å². The third-order valence-corrected chi connectivity index (χ3v) is 5.11. The quantitative estimate of drug-likeness (QED) is 0.468. The van der Waals surface area contributed by atoms with Gasteiger partial charge in [0, 0.05) is 17.8 Å². The van der Waals surface area contributed by atoms with Crippen LogP contribution in [0.25, 0.3) is 16.7 Å². The molecule has 0 bridgehead atoms. The van der Waals surface area contributed by atoms with Gasteiger partial charge in [0.2, 0.25) is 0 Å². The van der Waals surface area contributed by atoms with Crippen molar-refractivity contribution in [2.45, 2.75) is 34.3 Å². The van der Waals surface area contributed by atoms with Crippen LogP contribution in [0, 0.1) is 19.7 Å². The number of nitrogens with zero attached hydrogens (tertiary/aromatic N) is 5. The Labute approximate surface area is 169 Å². The van der Waals surface area contributed by atoms with Gasteiger partial charge in [0.15, 0.2) is 0 Å². The molecule has 1 aliphatic heterocycles. The smallest absolute Gasteiger partial charge is 0.257 e. The topological polar surface area (TPSA) is 55.5 Å². The summed E-state index contributed by atoms with van der Waals surface area (Å²) in [6, 6.07) is 11.1. The van der Waals surface area contributed by atoms with Gasteiger partial charge in [-0.05, 0) is 37.6 Å². The normalized spacial score (nSPS) is 13.8. The van der Waals surface area contributed by atoms with E-state index in [4.69, 9.17) is 9.72 Å². The number of fused-ring (bicyclic) bond motifs is 4. The van der Waals surface area contributed by atoms with Crippen molar-refractivity contribution in [2.24, 2.45) is 0 Å². The second-order valence-electron chi connectivity index (χ2n) is 6.73. The Morgan fingerprint density at radius 1 is 1.03 bits per heavy atom. The number of hydrogen-bond donors (Lipinski definition) is 0. The van der Waals surface area contributed by atoms with Crippen LogP contribution in [0.4, 0.5) is 15.9 Å². The Balaban J connectivity index is 0.000000994. The number of aromatic nitrogens is 4. The summed E-state index contributed by atoms with van der Waals surface area (Å²) in [6.07, 6.45) is 0. The molecule has 29 heavy (non-hydrogen) atoms. The molecule has 4 aromatic rings. The summed E-state index contributed by atoms with van der Waals surface area (Å²) in [4.78, 5) is 6.73. The van der Waals surface area contributed by atoms with Crippen molar-refractivity contribution in [3.05, 3.63) is 59.2 Å². The minimum Gasteiger partial charge on any atom is -0.375 e. The van der Waals surface area contributed by atoms with E-state index in [0.29, 0.717) is 48.1 Å². The molecule has 2 aromatic heterocycles. The lowest BCUT2D eigenvalue weighted by molar-refractivity contribution is 0.133. The van der Waals surface area contributed by atoms with Gasteiger partial charge in [-0.25, -0.2) is 4.39 Å². The second-order valence-corrected chi connectivity index (χ2v) is 6.73. The zero-order chi connectivity index (χ0) is 20.5. The Kier molecular flexibility index (Phi) is 5.15. The minimum absolute atomic E-state index is 0.315. The Hall–Kier alpha value is -3.06. The molecule has 1 aliphatic rings. The fraction of sp³-hybridized carbons (Fsp3) is 0.318. The lowest BCUT2D eigenvalue weighted by Crippen LogP contribution is -2.23. The fourth-order valence-corrected chi connectivity index (χ4v) is 3.77. The van der Waals surface area contributed by atoms with Crippen LogP contribution >= 0.6 is 0 Å². The van der Waals surface area contributed by atoms with Gasteiger partial charge >= 0.3 is 0 Å². The van der Waals surface area contributed by atoms with Gasteiger partial charge in [0.05, 0.1) is 24.1 Å². The van der Waals surface area contributed by atoms with Crippen LogP contribution in [0.1, 0.15) is 30.8 Å². The maximum Gasteiger partial charge on any atom is 0.257 e. The predicted octanol–water partition coefficient (Wildman–Crippen LogP) is 4.73. The molecule has 0 amide bonds. The van der Waals surface area contributed by atoms with Crippen molar-refractivity contribution in [2.75, 3.05) is 18.1 Å². The van der Waals surface area contributed by atoms with Crippen molar-refractivity contribution in [1.82, 2.24) is 19.6 Å². The number of anilines is 2. The molecule has 0 unspecified atom stereocenters. The Morgan fingerprint density at radius 3 is 2.66 bits per heavy atom. The largest absolute Gasteiger partial charge is 0.375 e. The number of halogens is 1. The maximum absolute atomic E-state index is 15.0. The molecule has 0 saturated carbocycles. The molecule has 0 N–H and O–H groups in total. The van der Waals surface area contributed by atoms with Gasteiger partial charge < -0.3 is 9.64 Å². The molecule has 6 nitrogen and oxygen atoms in total. The molecule has 0 atom stereocenters. The molecular formula is C22H24FN5O. The molecule has 7 heteroatoms. The molecule has 0 saturated heterocycles. The molecule has 150 valence electrons. The number of rotatable bonds is 1. The predicted molar refractivity (Wildman–Crippen MR) is 112 cm³/mol. The van der Waals surface area contributed by atoms with E-state index in [2.05, 4.69) is 23.2 Å². The number of ether oxygens (including phenoxy) is 1. The average molecular weight is 393 g/mol. The zero-order valence-corrected chi connectivity index (χ0v) is 17.1. The first-order valence-corrected chi connectivity index (χ1v) is 9.89. The summed E-state index contributed by atoms with van der Waals surface area (Å²) in [5.74, 6) is 1.36. The highest BCUT2D eigenvalue weighted by molar-refractivity contribution is 5.94. The molecule has 5 rings (SSSR count). The van der Waals surface area contributed by atoms with Crippen LogP contribution in [0.2, 0.25) is 0 Å². The standard InChI is InChI=1S/C20H18FN5O.C2H6/c1-12-5-3-7-16-14(12)11-27-10-9-25(16)19-18-15(21)6-4-8-17(18)26-13(2)23-24-20(26)22-19;1-2/h3-8H,9-11H2,1-2H3;1-2H3. The van der Waals surface area contributed by atoms with E-state index < -0.39 is 0 Å². The van der Waals surface area contributed by atoms with E-state index in [1.165, 1.54) is 6.07 Å². The lowest BCUT2D eigenvalue weighted by atomic mass is 10.1. The average Bonchev–Trinajstić information content (AvgIpc) is 2.97. The van der Waals surface area contributed by atoms with E-state index in [0.717, 1.165) is 16.8 Å². The minimum atomic E-state index is -0.315. The maximum atomic E-state index is 15.0. The van der Waals surface area contributed by atoms with Crippen LogP contribution in [-0.2, 0) is 11.3 Å². The van der Waals surface area contributed by atoms with Crippen LogP contribution < -0.4 is 4.90 Å². The zero-order valence-electron chi connectivity index (χ0n) is 17.1. The van der Waals surface area contributed by atoms with Gasteiger partial charge in [0.1, 0.15) is 17.5 Å². The van der Waals surface area contributed by atoms with Crippen molar-refractivity contribution in [3.8, 4) is 0 Å². The first kappa shape index (κ1) is 19.3. The Morgan fingerprint density at radius 2 is 1.83 bits per heavy atom. The van der Waals surface area contributed by atoms with Crippen LogP contribution in [0.5, 0.6) is 0 Å². The SMILES string of the molecule is CC.Cc1cccc2c1COCCN2c1nc2nnc(C)n2c2cccc(F)c12. The summed E-state index contributed by atoms with van der Waals surface area (Å²) in [7, 11) is 0. The number of aryl methyl sites for hydroxylation is 2. The Bertz CT molecular complexity index is 1190. The number of benzene rings is 2. The van der Waals surface area contributed by atoms with Crippen molar-refractivity contribution in [3.63, 3.8) is 0 Å². The third kappa shape index (κ3) is 3.11. The highest BCUT2D eigenvalue weighted by atomic mass is 19.1. The van der Waals surface area contributed by atoms with Crippen LogP contribution in [-0.4, -0.2) is 32.7 Å². The van der Waals surface area contributed by atoms with E-state index >= 15 is 0 Å². The molecule has 3 heterocycles. The highest BCUT2D eigenvalue weighted by Crippen LogP contribution is 2.36. The van der Waals surface area contributed by atoms with E-state index in [9.17, 15) is 4.39 Å². The van der Waals surface area contributed by atoms with E-state index in [1.54, 1.807) is 10.5 Å². The van der Waals surface area contributed by atoms with Crippen LogP contribution in [0.15, 0.2) is 36.4 Å². The fourth-order valence-electron chi connectivity index (χ4n) is 3.77. The molecule has 2 aromatic carbocycles. The lowest BCUT2D eigenvalue weighted by Gasteiger charge is -2.25. The van der Waals surface area contributed by atoms with E-state index in [1.807, 2.05) is 43.9 Å². The summed E-state index contributed by atoms with van der Waals surface area (Å²) in [5, 5.41) is 8.76. The highest BCUT2D eigenvalue weighted by Gasteiger charge is 2.24. The van der Waals surface area contributed by atoms with Crippen molar-refractivity contribution >= 4 is 28.2 Å². The third-order valence-electron chi connectivity index (χ3n) is 5.11. The van der Waals surface area contributed by atoms with Gasteiger partial charge in [0.25, 0.3) is 5.78 Å². The second kappa shape index (κ2) is 7.75. The van der Waals surface area contributed by atoms with Gasteiger partial charge in [-0.1, -0.05) is 32.0 Å². The number of hydrogen-bond acceptors (Lipinski definition) is 5.